The molecule has 17 heavy (non-hydrogen) atoms. The van der Waals surface area contributed by atoms with Crippen molar-refractivity contribution in [3.63, 3.8) is 0 Å². The van der Waals surface area contributed by atoms with Crippen LogP contribution in [0.1, 0.15) is 15.2 Å². The average molecular weight is 289 g/mol. The Hall–Kier alpha value is -0.900. The molecule has 0 aliphatic rings. The number of hydrogen-bond donors (Lipinski definition) is 0. The summed E-state index contributed by atoms with van der Waals surface area (Å²) in [5.74, 6) is -0.593. The van der Waals surface area contributed by atoms with Crippen LogP contribution in [0.4, 0.5) is 4.39 Å². The SMILES string of the molecule is O=C(Cc1ccc(Cl)c(F)c1)c1ccc(Cl)s1. The third-order valence-corrected chi connectivity index (χ3v) is 3.78. The number of halogens is 3. The first-order valence-corrected chi connectivity index (χ1v) is 6.36. The Bertz CT molecular complexity index is 565. The van der Waals surface area contributed by atoms with E-state index in [0.29, 0.717) is 14.8 Å². The number of Topliss-reactive ketones (excluding diaryl/α,β-unsaturated/α-hetero) is 1. The molecule has 0 aliphatic heterocycles. The maximum Gasteiger partial charge on any atom is 0.177 e. The minimum Gasteiger partial charge on any atom is -0.293 e. The van der Waals surface area contributed by atoms with E-state index in [1.54, 1.807) is 18.2 Å². The molecule has 0 N–H and O–H groups in total. The Balaban J connectivity index is 2.15. The van der Waals surface area contributed by atoms with Crippen molar-refractivity contribution in [2.45, 2.75) is 6.42 Å². The molecule has 0 spiro atoms. The van der Waals surface area contributed by atoms with Gasteiger partial charge in [0.15, 0.2) is 5.78 Å². The topological polar surface area (TPSA) is 17.1 Å². The summed E-state index contributed by atoms with van der Waals surface area (Å²) in [6, 6.07) is 7.69. The molecule has 1 aromatic carbocycles. The van der Waals surface area contributed by atoms with Gasteiger partial charge in [-0.1, -0.05) is 29.3 Å². The van der Waals surface area contributed by atoms with Crippen LogP contribution in [-0.4, -0.2) is 5.78 Å². The Morgan fingerprint density at radius 3 is 2.59 bits per heavy atom. The van der Waals surface area contributed by atoms with Crippen LogP contribution in [0.2, 0.25) is 9.36 Å². The number of rotatable bonds is 3. The quantitative estimate of drug-likeness (QED) is 0.753. The van der Waals surface area contributed by atoms with Crippen molar-refractivity contribution in [3.05, 3.63) is 55.9 Å². The Morgan fingerprint density at radius 1 is 1.24 bits per heavy atom. The zero-order chi connectivity index (χ0) is 12.4. The molecule has 2 aromatic rings. The minimum atomic E-state index is -0.513. The van der Waals surface area contributed by atoms with Crippen LogP contribution in [0.3, 0.4) is 0 Å². The maximum atomic E-state index is 13.2. The van der Waals surface area contributed by atoms with Crippen molar-refractivity contribution >= 4 is 40.3 Å². The number of ketones is 1. The lowest BCUT2D eigenvalue weighted by Crippen LogP contribution is -2.01. The molecule has 0 amide bonds. The Morgan fingerprint density at radius 2 is 2.00 bits per heavy atom. The predicted molar refractivity (Wildman–Crippen MR) is 68.8 cm³/mol. The largest absolute Gasteiger partial charge is 0.293 e. The molecule has 1 aromatic heterocycles. The summed E-state index contributed by atoms with van der Waals surface area (Å²) in [5, 5.41) is 0.0559. The van der Waals surface area contributed by atoms with Crippen molar-refractivity contribution in [1.82, 2.24) is 0 Å². The van der Waals surface area contributed by atoms with Crippen LogP contribution in [0.15, 0.2) is 30.3 Å². The molecule has 0 saturated heterocycles. The smallest absolute Gasteiger partial charge is 0.177 e. The molecule has 5 heteroatoms. The molecule has 0 aliphatic carbocycles. The first-order valence-electron chi connectivity index (χ1n) is 4.79. The third-order valence-electron chi connectivity index (χ3n) is 2.20. The van der Waals surface area contributed by atoms with E-state index < -0.39 is 5.82 Å². The van der Waals surface area contributed by atoms with Crippen molar-refractivity contribution in [3.8, 4) is 0 Å². The molecular formula is C12H7Cl2FOS. The second-order valence-corrected chi connectivity index (χ2v) is 5.57. The summed E-state index contributed by atoms with van der Waals surface area (Å²) in [4.78, 5) is 12.4. The van der Waals surface area contributed by atoms with Gasteiger partial charge in [-0.3, -0.25) is 4.79 Å². The summed E-state index contributed by atoms with van der Waals surface area (Å²) in [5.41, 5.74) is 0.599. The van der Waals surface area contributed by atoms with Crippen molar-refractivity contribution in [1.29, 1.82) is 0 Å². The van der Waals surface area contributed by atoms with E-state index in [4.69, 9.17) is 23.2 Å². The average Bonchev–Trinajstić information content (AvgIpc) is 2.70. The number of carbonyl (C=O) groups is 1. The summed E-state index contributed by atoms with van der Waals surface area (Å²) in [6.07, 6.45) is 0.144. The van der Waals surface area contributed by atoms with Crippen LogP contribution in [0.25, 0.3) is 0 Å². The van der Waals surface area contributed by atoms with Gasteiger partial charge in [0.05, 0.1) is 14.2 Å². The monoisotopic (exact) mass is 288 g/mol. The molecule has 0 radical (unpaired) electrons. The minimum absolute atomic E-state index is 0.0559. The van der Waals surface area contributed by atoms with Crippen LogP contribution in [-0.2, 0) is 6.42 Å². The van der Waals surface area contributed by atoms with E-state index in [1.807, 2.05) is 0 Å². The van der Waals surface area contributed by atoms with E-state index in [2.05, 4.69) is 0 Å². The summed E-state index contributed by atoms with van der Waals surface area (Å²) < 4.78 is 13.7. The summed E-state index contributed by atoms with van der Waals surface area (Å²) in [6.45, 7) is 0. The van der Waals surface area contributed by atoms with Gasteiger partial charge in [-0.15, -0.1) is 11.3 Å². The van der Waals surface area contributed by atoms with Gasteiger partial charge in [-0.2, -0.15) is 0 Å². The molecule has 1 heterocycles. The first kappa shape index (κ1) is 12.6. The highest BCUT2D eigenvalue weighted by Gasteiger charge is 2.11. The lowest BCUT2D eigenvalue weighted by molar-refractivity contribution is 0.0997. The molecule has 0 atom stereocenters. The summed E-state index contributed by atoms with van der Waals surface area (Å²) in [7, 11) is 0. The Kier molecular flexibility index (Phi) is 3.82. The molecule has 88 valence electrons. The third kappa shape index (κ3) is 3.06. The van der Waals surface area contributed by atoms with Gasteiger partial charge in [0.25, 0.3) is 0 Å². The fourth-order valence-corrected chi connectivity index (χ4v) is 2.48. The van der Waals surface area contributed by atoms with Gasteiger partial charge in [0.2, 0.25) is 0 Å². The van der Waals surface area contributed by atoms with E-state index in [1.165, 1.54) is 23.5 Å². The van der Waals surface area contributed by atoms with Crippen LogP contribution < -0.4 is 0 Å². The second kappa shape index (κ2) is 5.17. The highest BCUT2D eigenvalue weighted by atomic mass is 35.5. The van der Waals surface area contributed by atoms with Crippen LogP contribution in [0.5, 0.6) is 0 Å². The lowest BCUT2D eigenvalue weighted by atomic mass is 10.1. The normalized spacial score (nSPS) is 10.5. The zero-order valence-corrected chi connectivity index (χ0v) is 10.9. The van der Waals surface area contributed by atoms with Gasteiger partial charge in [0.1, 0.15) is 5.82 Å². The lowest BCUT2D eigenvalue weighted by Gasteiger charge is -2.00. The summed E-state index contributed by atoms with van der Waals surface area (Å²) >= 11 is 12.5. The number of thiophene rings is 1. The zero-order valence-electron chi connectivity index (χ0n) is 8.54. The molecule has 0 unspecified atom stereocenters. The van der Waals surface area contributed by atoms with Gasteiger partial charge in [-0.25, -0.2) is 4.39 Å². The van der Waals surface area contributed by atoms with E-state index >= 15 is 0 Å². The molecule has 0 saturated carbocycles. The fraction of sp³-hybridized carbons (Fsp3) is 0.0833. The number of hydrogen-bond acceptors (Lipinski definition) is 2. The standard InChI is InChI=1S/C12H7Cl2FOS/c13-8-2-1-7(5-9(8)15)6-10(16)11-3-4-12(14)17-11/h1-5H,6H2. The fourth-order valence-electron chi connectivity index (χ4n) is 1.39. The molecule has 2 rings (SSSR count). The first-order chi connectivity index (χ1) is 8.06. The van der Waals surface area contributed by atoms with Crippen molar-refractivity contribution in [2.75, 3.05) is 0 Å². The molecule has 0 bridgehead atoms. The van der Waals surface area contributed by atoms with E-state index in [0.717, 1.165) is 0 Å². The predicted octanol–water partition coefficient (Wildman–Crippen LogP) is 4.62. The molecular weight excluding hydrogens is 282 g/mol. The van der Waals surface area contributed by atoms with Gasteiger partial charge < -0.3 is 0 Å². The molecule has 0 fully saturated rings. The van der Waals surface area contributed by atoms with Crippen molar-refractivity contribution < 1.29 is 9.18 Å². The highest BCUT2D eigenvalue weighted by Crippen LogP contribution is 2.23. The van der Waals surface area contributed by atoms with E-state index in [-0.39, 0.29) is 17.2 Å². The van der Waals surface area contributed by atoms with Gasteiger partial charge in [-0.05, 0) is 29.8 Å². The van der Waals surface area contributed by atoms with E-state index in [9.17, 15) is 9.18 Å². The second-order valence-electron chi connectivity index (χ2n) is 3.45. The Labute approximate surface area is 112 Å². The van der Waals surface area contributed by atoms with Gasteiger partial charge in [0, 0.05) is 6.42 Å². The maximum absolute atomic E-state index is 13.2. The number of benzene rings is 1. The van der Waals surface area contributed by atoms with Gasteiger partial charge >= 0.3 is 0 Å². The van der Waals surface area contributed by atoms with Crippen LogP contribution >= 0.6 is 34.5 Å². The number of carbonyl (C=O) groups excluding carboxylic acids is 1. The van der Waals surface area contributed by atoms with Crippen molar-refractivity contribution in [2.24, 2.45) is 0 Å². The molecule has 1 nitrogen and oxygen atoms in total. The highest BCUT2D eigenvalue weighted by molar-refractivity contribution is 7.18. The van der Waals surface area contributed by atoms with Crippen LogP contribution in [0, 0.1) is 5.82 Å².